The molecule has 0 spiro atoms. The van der Waals surface area contributed by atoms with Crippen LogP contribution in [0.25, 0.3) is 0 Å². The van der Waals surface area contributed by atoms with Crippen LogP contribution < -0.4 is 4.90 Å². The number of hydrogen-bond acceptors (Lipinski definition) is 6. The quantitative estimate of drug-likeness (QED) is 0.453. The first-order valence-corrected chi connectivity index (χ1v) is 9.69. The number of benzene rings is 2. The molecule has 8 nitrogen and oxygen atoms in total. The van der Waals surface area contributed by atoms with Gasteiger partial charge in [0.2, 0.25) is 5.91 Å². The van der Waals surface area contributed by atoms with Crippen LogP contribution >= 0.6 is 0 Å². The number of hydrogen-bond donors (Lipinski definition) is 0. The topological polar surface area (TPSA) is 87.0 Å². The minimum atomic E-state index is -0.560. The Labute approximate surface area is 167 Å². The van der Waals surface area contributed by atoms with Crippen LogP contribution in [0.5, 0.6) is 0 Å². The van der Waals surface area contributed by atoms with E-state index >= 15 is 0 Å². The van der Waals surface area contributed by atoms with Gasteiger partial charge in [-0.15, -0.1) is 0 Å². The molecule has 3 aliphatic heterocycles. The van der Waals surface area contributed by atoms with Crippen LogP contribution in [-0.2, 0) is 9.59 Å². The minimum absolute atomic E-state index is 0.141. The van der Waals surface area contributed by atoms with Crippen LogP contribution in [0.3, 0.4) is 0 Å². The lowest BCUT2D eigenvalue weighted by molar-refractivity contribution is -0.384. The molecule has 0 N–H and O–H groups in total. The van der Waals surface area contributed by atoms with Crippen LogP contribution in [0.1, 0.15) is 23.6 Å². The fraction of sp³-hybridized carbons (Fsp3) is 0.333. The molecule has 5 rings (SSSR count). The van der Waals surface area contributed by atoms with Crippen molar-refractivity contribution in [2.75, 3.05) is 18.0 Å². The second-order valence-corrected chi connectivity index (χ2v) is 7.79. The lowest BCUT2D eigenvalue weighted by atomic mass is 9.89. The molecule has 3 saturated heterocycles. The zero-order valence-electron chi connectivity index (χ0n) is 15.9. The fourth-order valence-corrected chi connectivity index (χ4v) is 4.88. The first-order valence-electron chi connectivity index (χ1n) is 9.69. The fourth-order valence-electron chi connectivity index (χ4n) is 4.88. The van der Waals surface area contributed by atoms with Crippen molar-refractivity contribution in [1.82, 2.24) is 10.0 Å². The zero-order chi connectivity index (χ0) is 20.3. The van der Waals surface area contributed by atoms with E-state index in [0.29, 0.717) is 0 Å². The normalized spacial score (nSPS) is 26.8. The molecule has 148 valence electrons. The molecule has 2 amide bonds. The first kappa shape index (κ1) is 18.0. The Morgan fingerprint density at radius 3 is 2.34 bits per heavy atom. The molecule has 0 radical (unpaired) electrons. The van der Waals surface area contributed by atoms with Crippen LogP contribution in [0, 0.1) is 23.0 Å². The van der Waals surface area contributed by atoms with Crippen molar-refractivity contribution in [3.63, 3.8) is 0 Å². The SMILES string of the molecule is Cc1ccc([C@H]2[C@@H]3C(=O)N(c4cccc([N+](=O)[O-])c4)C(=O)[C@H]3N3CCCN23)cc1. The predicted molar refractivity (Wildman–Crippen MR) is 105 cm³/mol. The highest BCUT2D eigenvalue weighted by Gasteiger charge is 2.62. The van der Waals surface area contributed by atoms with E-state index in [1.165, 1.54) is 18.2 Å². The molecule has 29 heavy (non-hydrogen) atoms. The van der Waals surface area contributed by atoms with Crippen molar-refractivity contribution < 1.29 is 14.5 Å². The largest absolute Gasteiger partial charge is 0.274 e. The second kappa shape index (κ2) is 6.47. The Hall–Kier alpha value is -3.10. The van der Waals surface area contributed by atoms with Gasteiger partial charge in [-0.2, -0.15) is 0 Å². The van der Waals surface area contributed by atoms with Crippen LogP contribution in [0.15, 0.2) is 48.5 Å². The standard InChI is InChI=1S/C21H20N4O4/c1-13-6-8-14(9-7-13)18-17-19(23-11-3-10-22(18)23)21(27)24(20(17)26)15-4-2-5-16(12-15)25(28)29/h2,4-9,12,17-19H,3,10-11H2,1H3/t17-,18-,19-/m0/s1. The summed E-state index contributed by atoms with van der Waals surface area (Å²) in [5.74, 6) is -1.12. The Bertz CT molecular complexity index is 1020. The first-order chi connectivity index (χ1) is 14.0. The number of nitro groups is 1. The highest BCUT2D eigenvalue weighted by atomic mass is 16.6. The Morgan fingerprint density at radius 2 is 1.66 bits per heavy atom. The van der Waals surface area contributed by atoms with E-state index in [0.717, 1.165) is 35.5 Å². The third kappa shape index (κ3) is 2.60. The number of nitrogens with zero attached hydrogens (tertiary/aromatic N) is 4. The van der Waals surface area contributed by atoms with Gasteiger partial charge in [-0.25, -0.2) is 14.9 Å². The smallest absolute Gasteiger partial charge is 0.271 e. The molecular weight excluding hydrogens is 372 g/mol. The number of non-ortho nitro benzene ring substituents is 1. The highest BCUT2D eigenvalue weighted by molar-refractivity contribution is 6.24. The van der Waals surface area contributed by atoms with Crippen molar-refractivity contribution in [3.8, 4) is 0 Å². The predicted octanol–water partition coefficient (Wildman–Crippen LogP) is 2.44. The highest BCUT2D eigenvalue weighted by Crippen LogP contribution is 2.49. The lowest BCUT2D eigenvalue weighted by Crippen LogP contribution is -2.44. The number of nitro benzene ring substituents is 1. The van der Waals surface area contributed by atoms with E-state index < -0.39 is 16.9 Å². The number of hydrazine groups is 1. The molecule has 3 atom stereocenters. The maximum absolute atomic E-state index is 13.4. The zero-order valence-corrected chi connectivity index (χ0v) is 15.9. The molecule has 0 saturated carbocycles. The van der Waals surface area contributed by atoms with Gasteiger partial charge in [-0.1, -0.05) is 35.9 Å². The van der Waals surface area contributed by atoms with Gasteiger partial charge in [-0.05, 0) is 25.0 Å². The van der Waals surface area contributed by atoms with Crippen molar-refractivity contribution >= 4 is 23.2 Å². The molecule has 0 aromatic heterocycles. The molecule has 3 heterocycles. The summed E-state index contributed by atoms with van der Waals surface area (Å²) in [7, 11) is 0. The van der Waals surface area contributed by atoms with Gasteiger partial charge in [0.05, 0.1) is 22.6 Å². The Kier molecular flexibility index (Phi) is 4.01. The Morgan fingerprint density at radius 1 is 0.966 bits per heavy atom. The number of fused-ring (bicyclic) bond motifs is 3. The van der Waals surface area contributed by atoms with Crippen LogP contribution in [0.2, 0.25) is 0 Å². The summed E-state index contributed by atoms with van der Waals surface area (Å²) in [6.07, 6.45) is 0.934. The van der Waals surface area contributed by atoms with Crippen molar-refractivity contribution in [3.05, 3.63) is 69.8 Å². The van der Waals surface area contributed by atoms with Gasteiger partial charge in [0.1, 0.15) is 6.04 Å². The van der Waals surface area contributed by atoms with E-state index in [4.69, 9.17) is 0 Å². The van der Waals surface area contributed by atoms with E-state index in [9.17, 15) is 19.7 Å². The van der Waals surface area contributed by atoms with Gasteiger partial charge >= 0.3 is 0 Å². The van der Waals surface area contributed by atoms with Gasteiger partial charge in [0, 0.05) is 25.2 Å². The third-order valence-electron chi connectivity index (χ3n) is 6.12. The second-order valence-electron chi connectivity index (χ2n) is 7.79. The molecule has 2 aromatic carbocycles. The van der Waals surface area contributed by atoms with E-state index in [-0.39, 0.29) is 29.2 Å². The Balaban J connectivity index is 1.57. The molecule has 8 heteroatoms. The molecule has 0 bridgehead atoms. The maximum atomic E-state index is 13.4. The number of carbonyl (C=O) groups excluding carboxylic acids is 2. The number of aryl methyl sites for hydroxylation is 1. The van der Waals surface area contributed by atoms with E-state index in [1.807, 2.05) is 36.2 Å². The van der Waals surface area contributed by atoms with Crippen LogP contribution in [0.4, 0.5) is 11.4 Å². The van der Waals surface area contributed by atoms with Crippen molar-refractivity contribution in [2.24, 2.45) is 5.92 Å². The summed E-state index contributed by atoms with van der Waals surface area (Å²) in [6, 6.07) is 13.0. The average Bonchev–Trinajstić information content (AvgIpc) is 3.35. The molecule has 3 aliphatic rings. The molecule has 0 aliphatic carbocycles. The number of amides is 2. The lowest BCUT2D eigenvalue weighted by Gasteiger charge is -2.29. The molecule has 3 fully saturated rings. The summed E-state index contributed by atoms with van der Waals surface area (Å²) < 4.78 is 0. The summed E-state index contributed by atoms with van der Waals surface area (Å²) in [5.41, 5.74) is 2.26. The molecule has 0 unspecified atom stereocenters. The van der Waals surface area contributed by atoms with E-state index in [1.54, 1.807) is 6.07 Å². The monoisotopic (exact) mass is 392 g/mol. The van der Waals surface area contributed by atoms with Gasteiger partial charge in [-0.3, -0.25) is 19.7 Å². The summed E-state index contributed by atoms with van der Waals surface area (Å²) in [6.45, 7) is 3.55. The average molecular weight is 392 g/mol. The van der Waals surface area contributed by atoms with Gasteiger partial charge in [0.15, 0.2) is 0 Å². The number of carbonyl (C=O) groups is 2. The summed E-state index contributed by atoms with van der Waals surface area (Å²) in [5, 5.41) is 15.3. The number of imide groups is 1. The van der Waals surface area contributed by atoms with E-state index in [2.05, 4.69) is 5.01 Å². The molecular formula is C21H20N4O4. The van der Waals surface area contributed by atoms with Crippen molar-refractivity contribution in [2.45, 2.75) is 25.4 Å². The number of rotatable bonds is 3. The van der Waals surface area contributed by atoms with Gasteiger partial charge in [0.25, 0.3) is 11.6 Å². The minimum Gasteiger partial charge on any atom is -0.274 e. The third-order valence-corrected chi connectivity index (χ3v) is 6.12. The summed E-state index contributed by atoms with van der Waals surface area (Å²) in [4.78, 5) is 38.5. The van der Waals surface area contributed by atoms with Crippen LogP contribution in [-0.4, -0.2) is 45.9 Å². The maximum Gasteiger partial charge on any atom is 0.271 e. The molecule has 2 aromatic rings. The van der Waals surface area contributed by atoms with Crippen molar-refractivity contribution in [1.29, 1.82) is 0 Å². The number of anilines is 1. The summed E-state index contributed by atoms with van der Waals surface area (Å²) >= 11 is 0. The van der Waals surface area contributed by atoms with Gasteiger partial charge < -0.3 is 0 Å².